The van der Waals surface area contributed by atoms with Crippen molar-refractivity contribution in [3.63, 3.8) is 0 Å². The average Bonchev–Trinajstić information content (AvgIpc) is 2.76. The summed E-state index contributed by atoms with van der Waals surface area (Å²) in [6, 6.07) is 4.09. The van der Waals surface area contributed by atoms with Gasteiger partial charge in [-0.05, 0) is 17.7 Å². The predicted molar refractivity (Wildman–Crippen MR) is 74.0 cm³/mol. The van der Waals surface area contributed by atoms with E-state index < -0.39 is 11.8 Å². The lowest BCUT2D eigenvalue weighted by Gasteiger charge is -2.01. The molecular weight excluding hydrogens is 305 g/mol. The summed E-state index contributed by atoms with van der Waals surface area (Å²) in [5, 5.41) is 10.00. The Morgan fingerprint density at radius 2 is 2.30 bits per heavy atom. The van der Waals surface area contributed by atoms with E-state index in [1.807, 2.05) is 0 Å². The summed E-state index contributed by atoms with van der Waals surface area (Å²) < 4.78 is 17.9. The van der Waals surface area contributed by atoms with Gasteiger partial charge >= 0.3 is 5.97 Å². The van der Waals surface area contributed by atoms with Crippen molar-refractivity contribution in [3.05, 3.63) is 50.2 Å². The van der Waals surface area contributed by atoms with E-state index >= 15 is 0 Å². The molecule has 1 aromatic carbocycles. The van der Waals surface area contributed by atoms with Crippen LogP contribution in [0.5, 0.6) is 0 Å². The Bertz CT molecular complexity index is 645. The third kappa shape index (κ3) is 3.33. The second-order valence-corrected chi connectivity index (χ2v) is 5.52. The van der Waals surface area contributed by atoms with Gasteiger partial charge in [-0.2, -0.15) is 0 Å². The zero-order valence-corrected chi connectivity index (χ0v) is 12.1. The molecule has 106 valence electrons. The molecule has 2 aromatic rings. The number of halogens is 2. The minimum Gasteiger partial charge on any atom is -0.477 e. The molecule has 0 aliphatic carbocycles. The van der Waals surface area contributed by atoms with Gasteiger partial charge < -0.3 is 9.84 Å². The van der Waals surface area contributed by atoms with Gasteiger partial charge in [0.05, 0.1) is 17.3 Å². The molecule has 0 radical (unpaired) electrons. The number of methoxy groups -OCH3 is 1. The van der Waals surface area contributed by atoms with Crippen molar-refractivity contribution in [1.29, 1.82) is 0 Å². The molecule has 0 amide bonds. The molecule has 0 unspecified atom stereocenters. The van der Waals surface area contributed by atoms with Crippen molar-refractivity contribution in [3.8, 4) is 0 Å². The molecule has 0 saturated heterocycles. The maximum absolute atomic E-state index is 13.0. The van der Waals surface area contributed by atoms with Crippen LogP contribution in [-0.4, -0.2) is 23.2 Å². The van der Waals surface area contributed by atoms with Gasteiger partial charge in [0.25, 0.3) is 0 Å². The summed E-state index contributed by atoms with van der Waals surface area (Å²) in [5.41, 5.74) is 1.08. The summed E-state index contributed by atoms with van der Waals surface area (Å²) in [7, 11) is 1.47. The van der Waals surface area contributed by atoms with Gasteiger partial charge in [-0.1, -0.05) is 17.7 Å². The number of carboxylic acids is 1. The zero-order chi connectivity index (χ0) is 14.7. The molecule has 4 nitrogen and oxygen atoms in total. The zero-order valence-electron chi connectivity index (χ0n) is 10.5. The smallest absolute Gasteiger partial charge is 0.347 e. The molecule has 2 rings (SSSR count). The first-order valence-electron chi connectivity index (χ1n) is 5.66. The van der Waals surface area contributed by atoms with Crippen LogP contribution in [0.25, 0.3) is 0 Å². The number of aromatic nitrogens is 1. The summed E-state index contributed by atoms with van der Waals surface area (Å²) in [4.78, 5) is 15.5. The highest BCUT2D eigenvalue weighted by atomic mass is 35.5. The van der Waals surface area contributed by atoms with Gasteiger partial charge in [0.15, 0.2) is 0 Å². The first-order chi connectivity index (χ1) is 9.51. The lowest BCUT2D eigenvalue weighted by atomic mass is 10.1. The predicted octanol–water partition coefficient (Wildman–Crippen LogP) is 3.37. The normalized spacial score (nSPS) is 10.8. The van der Waals surface area contributed by atoms with E-state index in [1.165, 1.54) is 19.2 Å². The number of ether oxygens (including phenoxy) is 1. The number of carbonyl (C=O) groups is 1. The molecule has 7 heteroatoms. The molecule has 1 aromatic heterocycles. The second-order valence-electron chi connectivity index (χ2n) is 4.03. The largest absolute Gasteiger partial charge is 0.477 e. The number of carboxylic acid groups (broad SMARTS) is 1. The standard InChI is InChI=1S/C13H11ClFNO3S/c1-19-6-10-12(13(17)18)20-11(16-10)4-7-2-3-8(15)5-9(7)14/h2-3,5H,4,6H2,1H3,(H,17,18). The molecule has 0 aliphatic heterocycles. The number of aromatic carboxylic acids is 1. The van der Waals surface area contributed by atoms with Crippen LogP contribution in [0.2, 0.25) is 5.02 Å². The summed E-state index contributed by atoms with van der Waals surface area (Å²) in [5.74, 6) is -1.45. The number of benzene rings is 1. The molecule has 0 bridgehead atoms. The molecule has 0 aliphatic rings. The molecule has 1 heterocycles. The van der Waals surface area contributed by atoms with Crippen molar-refractivity contribution in [2.75, 3.05) is 7.11 Å². The van der Waals surface area contributed by atoms with E-state index in [4.69, 9.17) is 21.4 Å². The van der Waals surface area contributed by atoms with Crippen molar-refractivity contribution in [1.82, 2.24) is 4.98 Å². The van der Waals surface area contributed by atoms with Gasteiger partial charge in [-0.25, -0.2) is 14.2 Å². The first kappa shape index (κ1) is 14.9. The highest BCUT2D eigenvalue weighted by Crippen LogP contribution is 2.25. The van der Waals surface area contributed by atoms with Gasteiger partial charge in [0.1, 0.15) is 10.7 Å². The Hall–Kier alpha value is -1.50. The fourth-order valence-corrected chi connectivity index (χ4v) is 2.87. The Morgan fingerprint density at radius 3 is 2.90 bits per heavy atom. The number of nitrogens with zero attached hydrogens (tertiary/aromatic N) is 1. The van der Waals surface area contributed by atoms with Crippen LogP contribution < -0.4 is 0 Å². The van der Waals surface area contributed by atoms with Crippen LogP contribution in [0.1, 0.15) is 25.9 Å². The Kier molecular flexibility index (Phi) is 4.69. The summed E-state index contributed by atoms with van der Waals surface area (Å²) >= 11 is 7.02. The van der Waals surface area contributed by atoms with Gasteiger partial charge in [0.2, 0.25) is 0 Å². The number of rotatable bonds is 5. The summed E-state index contributed by atoms with van der Waals surface area (Å²) in [6.07, 6.45) is 0.355. The molecule has 0 spiro atoms. The molecule has 0 fully saturated rings. The number of hydrogen-bond acceptors (Lipinski definition) is 4. The molecule has 1 N–H and O–H groups in total. The highest BCUT2D eigenvalue weighted by molar-refractivity contribution is 7.13. The summed E-state index contributed by atoms with van der Waals surface area (Å²) in [6.45, 7) is 0.134. The van der Waals surface area contributed by atoms with Crippen LogP contribution >= 0.6 is 22.9 Å². The van der Waals surface area contributed by atoms with E-state index in [-0.39, 0.29) is 11.5 Å². The van der Waals surface area contributed by atoms with Crippen LogP contribution in [0.15, 0.2) is 18.2 Å². The first-order valence-corrected chi connectivity index (χ1v) is 6.85. The van der Waals surface area contributed by atoms with Gasteiger partial charge in [0, 0.05) is 18.6 Å². The quantitative estimate of drug-likeness (QED) is 0.919. The minimum absolute atomic E-state index is 0.134. The Balaban J connectivity index is 2.29. The maximum Gasteiger partial charge on any atom is 0.347 e. The van der Waals surface area contributed by atoms with Crippen molar-refractivity contribution < 1.29 is 19.0 Å². The lowest BCUT2D eigenvalue weighted by molar-refractivity contribution is 0.0697. The van der Waals surface area contributed by atoms with Crippen molar-refractivity contribution >= 4 is 28.9 Å². The molecule has 0 atom stereocenters. The fourth-order valence-electron chi connectivity index (χ4n) is 1.71. The highest BCUT2D eigenvalue weighted by Gasteiger charge is 2.17. The Morgan fingerprint density at radius 1 is 1.55 bits per heavy atom. The van der Waals surface area contributed by atoms with E-state index in [9.17, 15) is 9.18 Å². The van der Waals surface area contributed by atoms with Crippen LogP contribution in [0.3, 0.4) is 0 Å². The molecule has 20 heavy (non-hydrogen) atoms. The monoisotopic (exact) mass is 315 g/mol. The van der Waals surface area contributed by atoms with Crippen LogP contribution in [0, 0.1) is 5.82 Å². The van der Waals surface area contributed by atoms with Crippen molar-refractivity contribution in [2.24, 2.45) is 0 Å². The van der Waals surface area contributed by atoms with Gasteiger partial charge in [-0.15, -0.1) is 11.3 Å². The number of thiazole rings is 1. The molecular formula is C13H11ClFNO3S. The third-order valence-electron chi connectivity index (χ3n) is 2.57. The fraction of sp³-hybridized carbons (Fsp3) is 0.231. The molecule has 0 saturated carbocycles. The van der Waals surface area contributed by atoms with E-state index in [0.717, 1.165) is 11.3 Å². The average molecular weight is 316 g/mol. The second kappa shape index (κ2) is 6.30. The minimum atomic E-state index is -1.04. The third-order valence-corrected chi connectivity index (χ3v) is 4.01. The van der Waals surface area contributed by atoms with Crippen LogP contribution in [-0.2, 0) is 17.8 Å². The Labute approximate surface area is 123 Å². The van der Waals surface area contributed by atoms with Crippen molar-refractivity contribution in [2.45, 2.75) is 13.0 Å². The SMILES string of the molecule is COCc1nc(Cc2ccc(F)cc2Cl)sc1C(=O)O. The topological polar surface area (TPSA) is 59.4 Å². The van der Waals surface area contributed by atoms with E-state index in [0.29, 0.717) is 27.7 Å². The van der Waals surface area contributed by atoms with E-state index in [1.54, 1.807) is 6.07 Å². The van der Waals surface area contributed by atoms with Crippen LogP contribution in [0.4, 0.5) is 4.39 Å². The maximum atomic E-state index is 13.0. The lowest BCUT2D eigenvalue weighted by Crippen LogP contribution is -1.99. The van der Waals surface area contributed by atoms with E-state index in [2.05, 4.69) is 4.98 Å². The number of hydrogen-bond donors (Lipinski definition) is 1. The van der Waals surface area contributed by atoms with Gasteiger partial charge in [-0.3, -0.25) is 0 Å².